The zero-order chi connectivity index (χ0) is 16.4. The van der Waals surface area contributed by atoms with Gasteiger partial charge < -0.3 is 14.1 Å². The molecule has 128 valence electrons. The lowest BCUT2D eigenvalue weighted by Crippen LogP contribution is -2.48. The predicted octanol–water partition coefficient (Wildman–Crippen LogP) is 2.50. The Labute approximate surface area is 142 Å². The third-order valence-corrected chi connectivity index (χ3v) is 5.13. The van der Waals surface area contributed by atoms with Crippen LogP contribution in [0, 0.1) is 5.92 Å². The van der Waals surface area contributed by atoms with Crippen LogP contribution in [0.5, 0.6) is 0 Å². The van der Waals surface area contributed by atoms with E-state index >= 15 is 0 Å². The lowest BCUT2D eigenvalue weighted by atomic mass is 9.96. The largest absolute Gasteiger partial charge is 0.464 e. The first kappa shape index (κ1) is 15.7. The van der Waals surface area contributed by atoms with E-state index in [9.17, 15) is 4.79 Å². The molecule has 3 heterocycles. The smallest absolute Gasteiger partial charge is 0.227 e. The molecule has 5 heteroatoms. The molecule has 2 aromatic rings. The number of likely N-dealkylation sites (tertiary alicyclic amines) is 1. The van der Waals surface area contributed by atoms with E-state index in [-0.39, 0.29) is 5.92 Å². The summed E-state index contributed by atoms with van der Waals surface area (Å²) in [5.74, 6) is 0.426. The Morgan fingerprint density at radius 3 is 2.88 bits per heavy atom. The van der Waals surface area contributed by atoms with Crippen LogP contribution in [0.2, 0.25) is 0 Å². The van der Waals surface area contributed by atoms with Crippen LogP contribution < -0.4 is 0 Å². The minimum atomic E-state index is 0.120. The molecule has 1 aromatic heterocycles. The number of piperidine rings is 1. The zero-order valence-electron chi connectivity index (χ0n) is 13.9. The second kappa shape index (κ2) is 6.95. The van der Waals surface area contributed by atoms with Crippen molar-refractivity contribution in [3.8, 4) is 0 Å². The monoisotopic (exact) mass is 328 g/mol. The van der Waals surface area contributed by atoms with Gasteiger partial charge in [-0.2, -0.15) is 0 Å². The van der Waals surface area contributed by atoms with Crippen molar-refractivity contribution in [3.63, 3.8) is 0 Å². The Morgan fingerprint density at radius 2 is 2.00 bits per heavy atom. The molecule has 1 aromatic carbocycles. The van der Waals surface area contributed by atoms with Gasteiger partial charge in [-0.25, -0.2) is 0 Å². The van der Waals surface area contributed by atoms with Crippen molar-refractivity contribution >= 4 is 16.9 Å². The third-order valence-electron chi connectivity index (χ3n) is 5.13. The summed E-state index contributed by atoms with van der Waals surface area (Å²) in [6, 6.07) is 8.14. The highest BCUT2D eigenvalue weighted by molar-refractivity contribution is 5.81. The van der Waals surface area contributed by atoms with E-state index in [4.69, 9.17) is 9.15 Å². The second-order valence-corrected chi connectivity index (χ2v) is 6.77. The Bertz CT molecular complexity index is 705. The van der Waals surface area contributed by atoms with Crippen LogP contribution in [-0.4, -0.2) is 55.1 Å². The normalized spacial score (nSPS) is 22.8. The molecule has 0 N–H and O–H groups in total. The highest BCUT2D eigenvalue weighted by Crippen LogP contribution is 2.25. The maximum atomic E-state index is 12.7. The number of hydrogen-bond acceptors (Lipinski definition) is 4. The van der Waals surface area contributed by atoms with Crippen molar-refractivity contribution in [1.29, 1.82) is 0 Å². The number of fused-ring (bicyclic) bond motifs is 1. The van der Waals surface area contributed by atoms with Crippen LogP contribution in [0.25, 0.3) is 11.0 Å². The van der Waals surface area contributed by atoms with Gasteiger partial charge in [-0.1, -0.05) is 18.2 Å². The summed E-state index contributed by atoms with van der Waals surface area (Å²) in [5.41, 5.74) is 2.15. The molecule has 0 saturated carbocycles. The fourth-order valence-corrected chi connectivity index (χ4v) is 3.84. The topological polar surface area (TPSA) is 45.9 Å². The molecule has 2 fully saturated rings. The first-order valence-corrected chi connectivity index (χ1v) is 8.85. The van der Waals surface area contributed by atoms with Crippen LogP contribution in [0.1, 0.15) is 18.4 Å². The number of amides is 1. The molecular weight excluding hydrogens is 304 g/mol. The Morgan fingerprint density at radius 1 is 1.17 bits per heavy atom. The molecule has 4 rings (SSSR count). The molecule has 1 amide bonds. The second-order valence-electron chi connectivity index (χ2n) is 6.77. The molecule has 0 unspecified atom stereocenters. The molecule has 2 aliphatic rings. The molecule has 1 atom stereocenters. The van der Waals surface area contributed by atoms with Gasteiger partial charge in [-0.15, -0.1) is 0 Å². The highest BCUT2D eigenvalue weighted by atomic mass is 16.5. The number of furan rings is 1. The highest BCUT2D eigenvalue weighted by Gasteiger charge is 2.30. The van der Waals surface area contributed by atoms with Gasteiger partial charge in [0.25, 0.3) is 0 Å². The molecular formula is C19H24N2O3. The third kappa shape index (κ3) is 3.19. The quantitative estimate of drug-likeness (QED) is 0.868. The van der Waals surface area contributed by atoms with Gasteiger partial charge in [-0.05, 0) is 25.5 Å². The average Bonchev–Trinajstić information content (AvgIpc) is 3.05. The summed E-state index contributed by atoms with van der Waals surface area (Å²) in [4.78, 5) is 17.1. The van der Waals surface area contributed by atoms with Crippen molar-refractivity contribution in [1.82, 2.24) is 9.80 Å². The molecule has 0 bridgehead atoms. The predicted molar refractivity (Wildman–Crippen MR) is 91.6 cm³/mol. The van der Waals surface area contributed by atoms with Crippen molar-refractivity contribution < 1.29 is 13.9 Å². The van der Waals surface area contributed by atoms with E-state index in [0.717, 1.165) is 51.1 Å². The first-order chi connectivity index (χ1) is 11.8. The minimum Gasteiger partial charge on any atom is -0.464 e. The van der Waals surface area contributed by atoms with Gasteiger partial charge in [0.15, 0.2) is 0 Å². The summed E-state index contributed by atoms with van der Waals surface area (Å²) in [6.07, 6.45) is 3.94. The van der Waals surface area contributed by atoms with Gasteiger partial charge in [0.05, 0.1) is 25.4 Å². The standard InChI is InChI=1S/C19H24N2O3/c22-19(21-8-10-23-11-9-21)15-4-3-7-20(12-15)13-16-14-24-18-6-2-1-5-17(16)18/h1-2,5-6,14-15H,3-4,7-13H2/t15-/m1/s1. The van der Waals surface area contributed by atoms with Gasteiger partial charge in [0.2, 0.25) is 5.91 Å². The summed E-state index contributed by atoms with van der Waals surface area (Å²) < 4.78 is 11.0. The van der Waals surface area contributed by atoms with Gasteiger partial charge in [-0.3, -0.25) is 9.69 Å². The summed E-state index contributed by atoms with van der Waals surface area (Å²) in [6.45, 7) is 5.56. The van der Waals surface area contributed by atoms with Crippen molar-refractivity contribution in [2.75, 3.05) is 39.4 Å². The summed E-state index contributed by atoms with van der Waals surface area (Å²) >= 11 is 0. The summed E-state index contributed by atoms with van der Waals surface area (Å²) in [7, 11) is 0. The number of ether oxygens (including phenoxy) is 1. The van der Waals surface area contributed by atoms with Crippen molar-refractivity contribution in [3.05, 3.63) is 36.1 Å². The molecule has 2 aliphatic heterocycles. The van der Waals surface area contributed by atoms with Gasteiger partial charge in [0, 0.05) is 37.1 Å². The van der Waals surface area contributed by atoms with E-state index in [0.29, 0.717) is 19.1 Å². The fraction of sp³-hybridized carbons (Fsp3) is 0.526. The number of nitrogens with zero attached hydrogens (tertiary/aromatic N) is 2. The van der Waals surface area contributed by atoms with Crippen LogP contribution >= 0.6 is 0 Å². The number of morpholine rings is 1. The van der Waals surface area contributed by atoms with Crippen LogP contribution in [0.15, 0.2) is 34.9 Å². The Hall–Kier alpha value is -1.85. The van der Waals surface area contributed by atoms with Crippen LogP contribution in [-0.2, 0) is 16.1 Å². The molecule has 24 heavy (non-hydrogen) atoms. The molecule has 0 spiro atoms. The number of rotatable bonds is 3. The number of hydrogen-bond donors (Lipinski definition) is 0. The maximum absolute atomic E-state index is 12.7. The van der Waals surface area contributed by atoms with Crippen molar-refractivity contribution in [2.45, 2.75) is 19.4 Å². The number of carbonyl (C=O) groups is 1. The van der Waals surface area contributed by atoms with Crippen LogP contribution in [0.3, 0.4) is 0 Å². The van der Waals surface area contributed by atoms with Crippen molar-refractivity contribution in [2.24, 2.45) is 5.92 Å². The zero-order valence-corrected chi connectivity index (χ0v) is 13.9. The SMILES string of the molecule is O=C([C@@H]1CCCN(Cc2coc3ccccc23)C1)N1CCOCC1. The van der Waals surface area contributed by atoms with Gasteiger partial charge in [0.1, 0.15) is 5.58 Å². The first-order valence-electron chi connectivity index (χ1n) is 8.85. The molecule has 0 aliphatic carbocycles. The van der Waals surface area contributed by atoms with Gasteiger partial charge >= 0.3 is 0 Å². The maximum Gasteiger partial charge on any atom is 0.227 e. The van der Waals surface area contributed by atoms with E-state index in [1.807, 2.05) is 29.4 Å². The Kier molecular flexibility index (Phi) is 4.54. The number of para-hydroxylation sites is 1. The van der Waals surface area contributed by atoms with E-state index in [1.165, 1.54) is 10.9 Å². The lowest BCUT2D eigenvalue weighted by molar-refractivity contribution is -0.141. The van der Waals surface area contributed by atoms with Crippen LogP contribution in [0.4, 0.5) is 0 Å². The lowest BCUT2D eigenvalue weighted by Gasteiger charge is -2.36. The molecule has 5 nitrogen and oxygen atoms in total. The number of carbonyl (C=O) groups excluding carboxylic acids is 1. The number of benzene rings is 1. The average molecular weight is 328 g/mol. The molecule has 2 saturated heterocycles. The minimum absolute atomic E-state index is 0.120. The van der Waals surface area contributed by atoms with E-state index in [2.05, 4.69) is 11.0 Å². The summed E-state index contributed by atoms with van der Waals surface area (Å²) in [5, 5.41) is 1.18. The van der Waals surface area contributed by atoms with E-state index in [1.54, 1.807) is 0 Å². The fourth-order valence-electron chi connectivity index (χ4n) is 3.84. The van der Waals surface area contributed by atoms with E-state index < -0.39 is 0 Å². The Balaban J connectivity index is 1.42. The molecule has 0 radical (unpaired) electrons.